The van der Waals surface area contributed by atoms with E-state index >= 15 is 0 Å². The monoisotopic (exact) mass is 282 g/mol. The summed E-state index contributed by atoms with van der Waals surface area (Å²) in [5.41, 5.74) is 2.73. The van der Waals surface area contributed by atoms with E-state index in [-0.39, 0.29) is 0 Å². The molecule has 110 valence electrons. The summed E-state index contributed by atoms with van der Waals surface area (Å²) in [6.45, 7) is 4.21. The number of nitrogens with zero attached hydrogens (tertiary/aromatic N) is 2. The highest BCUT2D eigenvalue weighted by Crippen LogP contribution is 2.46. The molecule has 0 amide bonds. The first-order valence-corrected chi connectivity index (χ1v) is 7.99. The average Bonchev–Trinajstić information content (AvgIpc) is 3.14. The van der Waals surface area contributed by atoms with Crippen molar-refractivity contribution < 1.29 is 4.84 Å². The van der Waals surface area contributed by atoms with Crippen LogP contribution in [0.5, 0.6) is 0 Å². The number of hydrogen-bond acceptors (Lipinski definition) is 2. The van der Waals surface area contributed by atoms with E-state index in [0.717, 1.165) is 19.5 Å². The van der Waals surface area contributed by atoms with Crippen LogP contribution in [0.1, 0.15) is 37.1 Å². The molecule has 21 heavy (non-hydrogen) atoms. The molecule has 0 spiro atoms. The SMILES string of the molecule is CCC[C@H]1ON(Cc2ccccc2)[C@@H]2c3cccn3C[C@@H]21. The lowest BCUT2D eigenvalue weighted by Gasteiger charge is -2.22. The third-order valence-corrected chi connectivity index (χ3v) is 4.79. The van der Waals surface area contributed by atoms with E-state index in [2.05, 4.69) is 65.2 Å². The van der Waals surface area contributed by atoms with E-state index in [1.165, 1.54) is 17.7 Å². The summed E-state index contributed by atoms with van der Waals surface area (Å²) in [4.78, 5) is 6.32. The van der Waals surface area contributed by atoms with Crippen LogP contribution in [0.25, 0.3) is 0 Å². The van der Waals surface area contributed by atoms with E-state index in [4.69, 9.17) is 4.84 Å². The Bertz CT molecular complexity index is 607. The standard InChI is InChI=1S/C18H22N2O/c1-2-7-17-15-13-19-11-6-10-16(19)18(15)20(21-17)12-14-8-4-3-5-9-14/h3-6,8-11,15,17-18H,2,7,12-13H2,1H3/t15-,17-,18+/m1/s1. The van der Waals surface area contributed by atoms with Crippen molar-refractivity contribution in [1.29, 1.82) is 0 Å². The van der Waals surface area contributed by atoms with Crippen molar-refractivity contribution in [1.82, 2.24) is 9.63 Å². The van der Waals surface area contributed by atoms with Crippen molar-refractivity contribution in [3.63, 3.8) is 0 Å². The third-order valence-electron chi connectivity index (χ3n) is 4.79. The molecule has 0 aliphatic carbocycles. The fraction of sp³-hybridized carbons (Fsp3) is 0.444. The summed E-state index contributed by atoms with van der Waals surface area (Å²) in [6, 6.07) is 15.4. The number of aromatic nitrogens is 1. The van der Waals surface area contributed by atoms with Gasteiger partial charge in [0.15, 0.2) is 0 Å². The maximum Gasteiger partial charge on any atom is 0.0858 e. The Morgan fingerprint density at radius 2 is 2.00 bits per heavy atom. The summed E-state index contributed by atoms with van der Waals surface area (Å²) in [5, 5.41) is 2.22. The predicted molar refractivity (Wildman–Crippen MR) is 82.4 cm³/mol. The summed E-state index contributed by atoms with van der Waals surface area (Å²) >= 11 is 0. The molecule has 0 bridgehead atoms. The van der Waals surface area contributed by atoms with E-state index in [1.54, 1.807) is 0 Å². The largest absolute Gasteiger partial charge is 0.349 e. The van der Waals surface area contributed by atoms with Crippen LogP contribution in [0, 0.1) is 5.92 Å². The molecule has 0 saturated carbocycles. The van der Waals surface area contributed by atoms with Gasteiger partial charge in [0.05, 0.1) is 12.1 Å². The van der Waals surface area contributed by atoms with Crippen molar-refractivity contribution >= 4 is 0 Å². The quantitative estimate of drug-likeness (QED) is 0.849. The fourth-order valence-electron chi connectivity index (χ4n) is 3.86. The Hall–Kier alpha value is -1.58. The van der Waals surface area contributed by atoms with Crippen molar-refractivity contribution in [3.8, 4) is 0 Å². The predicted octanol–water partition coefficient (Wildman–Crippen LogP) is 3.78. The van der Waals surface area contributed by atoms with Crippen molar-refractivity contribution in [3.05, 3.63) is 59.9 Å². The number of hydrogen-bond donors (Lipinski definition) is 0. The molecule has 3 nitrogen and oxygen atoms in total. The zero-order valence-corrected chi connectivity index (χ0v) is 12.5. The second-order valence-electron chi connectivity index (χ2n) is 6.19. The maximum absolute atomic E-state index is 6.32. The molecule has 3 atom stereocenters. The fourth-order valence-corrected chi connectivity index (χ4v) is 3.86. The molecule has 1 saturated heterocycles. The summed E-state index contributed by atoms with van der Waals surface area (Å²) in [5.74, 6) is 0.602. The van der Waals surface area contributed by atoms with Gasteiger partial charge in [-0.15, -0.1) is 0 Å². The van der Waals surface area contributed by atoms with Crippen LogP contribution in [0.3, 0.4) is 0 Å². The van der Waals surface area contributed by atoms with Gasteiger partial charge >= 0.3 is 0 Å². The van der Waals surface area contributed by atoms with Gasteiger partial charge in [0.2, 0.25) is 0 Å². The van der Waals surface area contributed by atoms with E-state index in [9.17, 15) is 0 Å². The minimum Gasteiger partial charge on any atom is -0.349 e. The highest BCUT2D eigenvalue weighted by molar-refractivity contribution is 5.21. The van der Waals surface area contributed by atoms with Crippen LogP contribution in [0.2, 0.25) is 0 Å². The molecule has 2 aliphatic heterocycles. The van der Waals surface area contributed by atoms with E-state index in [1.807, 2.05) is 0 Å². The molecule has 1 fully saturated rings. The number of hydroxylamine groups is 2. The van der Waals surface area contributed by atoms with Gasteiger partial charge in [-0.05, 0) is 24.1 Å². The Balaban J connectivity index is 1.61. The van der Waals surface area contributed by atoms with E-state index in [0.29, 0.717) is 18.1 Å². The third kappa shape index (κ3) is 2.21. The van der Waals surface area contributed by atoms with Crippen molar-refractivity contribution in [2.45, 2.75) is 45.0 Å². The molecule has 3 heterocycles. The minimum absolute atomic E-state index is 0.364. The molecule has 4 rings (SSSR count). The van der Waals surface area contributed by atoms with Crippen molar-refractivity contribution in [2.24, 2.45) is 5.92 Å². The zero-order chi connectivity index (χ0) is 14.2. The molecule has 1 aromatic heterocycles. The molecular formula is C18H22N2O. The van der Waals surface area contributed by atoms with Crippen LogP contribution in [-0.2, 0) is 17.9 Å². The lowest BCUT2D eigenvalue weighted by atomic mass is 9.93. The first kappa shape index (κ1) is 13.1. The molecule has 2 aliphatic rings. The maximum atomic E-state index is 6.32. The minimum atomic E-state index is 0.364. The smallest absolute Gasteiger partial charge is 0.0858 e. The highest BCUT2D eigenvalue weighted by Gasteiger charge is 2.48. The molecular weight excluding hydrogens is 260 g/mol. The van der Waals surface area contributed by atoms with Gasteiger partial charge in [0, 0.05) is 30.9 Å². The number of fused-ring (bicyclic) bond motifs is 3. The Kier molecular flexibility index (Phi) is 3.32. The second-order valence-corrected chi connectivity index (χ2v) is 6.19. The average molecular weight is 282 g/mol. The summed E-state index contributed by atoms with van der Waals surface area (Å²) in [6.07, 6.45) is 4.90. The molecule has 3 heteroatoms. The highest BCUT2D eigenvalue weighted by atomic mass is 16.7. The molecule has 0 N–H and O–H groups in total. The van der Waals surface area contributed by atoms with Crippen LogP contribution in [0.15, 0.2) is 48.7 Å². The lowest BCUT2D eigenvalue weighted by molar-refractivity contribution is -0.174. The lowest BCUT2D eigenvalue weighted by Crippen LogP contribution is -2.22. The van der Waals surface area contributed by atoms with Crippen LogP contribution < -0.4 is 0 Å². The molecule has 0 unspecified atom stereocenters. The number of rotatable bonds is 4. The van der Waals surface area contributed by atoms with Gasteiger partial charge < -0.3 is 4.57 Å². The molecule has 1 aromatic carbocycles. The van der Waals surface area contributed by atoms with Gasteiger partial charge in [-0.25, -0.2) is 0 Å². The van der Waals surface area contributed by atoms with Crippen molar-refractivity contribution in [2.75, 3.05) is 0 Å². The van der Waals surface area contributed by atoms with E-state index < -0.39 is 0 Å². The Labute approximate surface area is 126 Å². The Morgan fingerprint density at radius 1 is 1.14 bits per heavy atom. The topological polar surface area (TPSA) is 17.4 Å². The van der Waals surface area contributed by atoms with Crippen LogP contribution in [-0.4, -0.2) is 15.7 Å². The number of benzene rings is 1. The van der Waals surface area contributed by atoms with Gasteiger partial charge in [0.1, 0.15) is 0 Å². The van der Waals surface area contributed by atoms with Gasteiger partial charge in [-0.3, -0.25) is 4.84 Å². The Morgan fingerprint density at radius 3 is 2.81 bits per heavy atom. The van der Waals surface area contributed by atoms with Crippen LogP contribution >= 0.6 is 0 Å². The van der Waals surface area contributed by atoms with Crippen LogP contribution in [0.4, 0.5) is 0 Å². The van der Waals surface area contributed by atoms with Gasteiger partial charge in [0.25, 0.3) is 0 Å². The van der Waals surface area contributed by atoms with Gasteiger partial charge in [-0.1, -0.05) is 43.7 Å². The normalized spacial score (nSPS) is 27.8. The first-order valence-electron chi connectivity index (χ1n) is 7.99. The second kappa shape index (κ2) is 5.32. The van der Waals surface area contributed by atoms with Gasteiger partial charge in [-0.2, -0.15) is 5.06 Å². The molecule has 0 radical (unpaired) electrons. The molecule has 2 aromatic rings. The first-order chi connectivity index (χ1) is 10.4. The summed E-state index contributed by atoms with van der Waals surface area (Å²) in [7, 11) is 0. The summed E-state index contributed by atoms with van der Waals surface area (Å²) < 4.78 is 2.40. The zero-order valence-electron chi connectivity index (χ0n) is 12.5.